The zero-order chi connectivity index (χ0) is 15.4. The van der Waals surface area contributed by atoms with Gasteiger partial charge >= 0.3 is 0 Å². The van der Waals surface area contributed by atoms with E-state index in [1.165, 1.54) is 0 Å². The highest BCUT2D eigenvalue weighted by Gasteiger charge is 2.12. The molecule has 0 atom stereocenters. The van der Waals surface area contributed by atoms with Crippen molar-refractivity contribution in [2.24, 2.45) is 0 Å². The Kier molecular flexibility index (Phi) is 4.90. The van der Waals surface area contributed by atoms with E-state index in [-0.39, 0.29) is 22.5 Å². The first-order valence-corrected chi connectivity index (χ1v) is 7.04. The number of halogens is 3. The van der Waals surface area contributed by atoms with Crippen LogP contribution in [-0.4, -0.2) is 5.91 Å². The van der Waals surface area contributed by atoms with Crippen LogP contribution in [0.2, 0.25) is 0 Å². The van der Waals surface area contributed by atoms with Gasteiger partial charge in [0.1, 0.15) is 5.82 Å². The number of hydrogen-bond donors (Lipinski definition) is 2. The number of nitrogen functional groups attached to an aromatic ring is 1. The maximum Gasteiger partial charge on any atom is 0.224 e. The molecular formula is C15H13BrF2N2O. The number of hydrogen-bond acceptors (Lipinski definition) is 2. The van der Waals surface area contributed by atoms with E-state index in [2.05, 4.69) is 21.2 Å². The van der Waals surface area contributed by atoms with Crippen LogP contribution in [0, 0.1) is 11.6 Å². The lowest BCUT2D eigenvalue weighted by atomic mass is 10.1. The first kappa shape index (κ1) is 15.4. The van der Waals surface area contributed by atoms with Crippen LogP contribution in [0.1, 0.15) is 12.0 Å². The molecule has 0 aliphatic carbocycles. The minimum Gasteiger partial charge on any atom is -0.399 e. The van der Waals surface area contributed by atoms with Crippen LogP contribution < -0.4 is 11.1 Å². The first-order valence-electron chi connectivity index (χ1n) is 6.24. The SMILES string of the molecule is Nc1ccc(CCC(=O)Nc2c(F)cc(F)cc2Br)cc1. The Morgan fingerprint density at radius 1 is 1.19 bits per heavy atom. The summed E-state index contributed by atoms with van der Waals surface area (Å²) in [4.78, 5) is 11.8. The molecule has 110 valence electrons. The number of nitrogens with one attached hydrogen (secondary N) is 1. The molecule has 0 spiro atoms. The van der Waals surface area contributed by atoms with Gasteiger partial charge in [0, 0.05) is 22.6 Å². The van der Waals surface area contributed by atoms with E-state index in [9.17, 15) is 13.6 Å². The lowest BCUT2D eigenvalue weighted by Gasteiger charge is -2.09. The van der Waals surface area contributed by atoms with Crippen LogP contribution in [0.25, 0.3) is 0 Å². The molecule has 0 bridgehead atoms. The molecule has 0 saturated carbocycles. The predicted octanol–water partition coefficient (Wildman–Crippen LogP) is 3.88. The Bertz CT molecular complexity index is 636. The van der Waals surface area contributed by atoms with Crippen LogP contribution >= 0.6 is 15.9 Å². The van der Waals surface area contributed by atoms with E-state index in [1.54, 1.807) is 12.1 Å². The van der Waals surface area contributed by atoms with Crippen LogP contribution in [0.4, 0.5) is 20.2 Å². The molecule has 0 saturated heterocycles. The van der Waals surface area contributed by atoms with E-state index >= 15 is 0 Å². The van der Waals surface area contributed by atoms with Crippen LogP contribution in [0.5, 0.6) is 0 Å². The van der Waals surface area contributed by atoms with E-state index in [1.807, 2.05) is 12.1 Å². The van der Waals surface area contributed by atoms with Crippen molar-refractivity contribution in [1.29, 1.82) is 0 Å². The molecule has 2 aromatic carbocycles. The minimum absolute atomic E-state index is 0.0568. The summed E-state index contributed by atoms with van der Waals surface area (Å²) >= 11 is 3.02. The second-order valence-corrected chi connectivity index (χ2v) is 5.39. The molecule has 0 unspecified atom stereocenters. The third-order valence-corrected chi connectivity index (χ3v) is 3.52. The summed E-state index contributed by atoms with van der Waals surface area (Å²) in [5.74, 6) is -1.88. The summed E-state index contributed by atoms with van der Waals surface area (Å²) in [6, 6.07) is 8.99. The Morgan fingerprint density at radius 2 is 1.86 bits per heavy atom. The smallest absolute Gasteiger partial charge is 0.224 e. The van der Waals surface area contributed by atoms with Crippen LogP contribution in [0.15, 0.2) is 40.9 Å². The van der Waals surface area contributed by atoms with Gasteiger partial charge in [0.15, 0.2) is 5.82 Å². The molecule has 3 nitrogen and oxygen atoms in total. The Hall–Kier alpha value is -1.95. The maximum atomic E-state index is 13.6. The van der Waals surface area contributed by atoms with Gasteiger partial charge in [-0.3, -0.25) is 4.79 Å². The molecule has 0 aromatic heterocycles. The van der Waals surface area contributed by atoms with E-state index in [0.29, 0.717) is 12.1 Å². The first-order chi connectivity index (χ1) is 9.95. The van der Waals surface area contributed by atoms with Crippen molar-refractivity contribution in [3.63, 3.8) is 0 Å². The predicted molar refractivity (Wildman–Crippen MR) is 81.9 cm³/mol. The summed E-state index contributed by atoms with van der Waals surface area (Å²) in [7, 11) is 0. The Labute approximate surface area is 129 Å². The summed E-state index contributed by atoms with van der Waals surface area (Å²) in [5, 5.41) is 2.44. The summed E-state index contributed by atoms with van der Waals surface area (Å²) in [6.07, 6.45) is 0.694. The molecule has 0 aliphatic heterocycles. The van der Waals surface area contributed by atoms with Gasteiger partial charge in [-0.2, -0.15) is 0 Å². The van der Waals surface area contributed by atoms with E-state index in [0.717, 1.165) is 17.7 Å². The van der Waals surface area contributed by atoms with Crippen molar-refractivity contribution < 1.29 is 13.6 Å². The molecule has 3 N–H and O–H groups in total. The number of rotatable bonds is 4. The molecule has 0 fully saturated rings. The average Bonchev–Trinajstić information content (AvgIpc) is 2.42. The van der Waals surface area contributed by atoms with Crippen molar-refractivity contribution >= 4 is 33.2 Å². The second kappa shape index (κ2) is 6.67. The number of carbonyl (C=O) groups excluding carboxylic acids is 1. The number of aryl methyl sites for hydroxylation is 1. The summed E-state index contributed by atoms with van der Waals surface area (Å²) in [6.45, 7) is 0. The summed E-state index contributed by atoms with van der Waals surface area (Å²) in [5.41, 5.74) is 7.13. The largest absolute Gasteiger partial charge is 0.399 e. The fourth-order valence-electron chi connectivity index (χ4n) is 1.81. The molecular weight excluding hydrogens is 342 g/mol. The zero-order valence-electron chi connectivity index (χ0n) is 11.0. The average molecular weight is 355 g/mol. The molecule has 0 radical (unpaired) electrons. The highest BCUT2D eigenvalue weighted by Crippen LogP contribution is 2.27. The number of anilines is 2. The molecule has 2 aromatic rings. The van der Waals surface area contributed by atoms with Crippen molar-refractivity contribution in [2.45, 2.75) is 12.8 Å². The normalized spacial score (nSPS) is 10.4. The Balaban J connectivity index is 1.97. The third kappa shape index (κ3) is 4.26. The fourth-order valence-corrected chi connectivity index (χ4v) is 2.31. The standard InChI is InChI=1S/C15H13BrF2N2O/c16-12-7-10(17)8-13(18)15(12)20-14(21)6-3-9-1-4-11(19)5-2-9/h1-2,4-5,7-8H,3,6,19H2,(H,20,21). The third-order valence-electron chi connectivity index (χ3n) is 2.89. The van der Waals surface area contributed by atoms with Gasteiger partial charge in [-0.05, 0) is 46.1 Å². The molecule has 0 heterocycles. The lowest BCUT2D eigenvalue weighted by Crippen LogP contribution is -2.14. The van der Waals surface area contributed by atoms with Crippen molar-refractivity contribution in [1.82, 2.24) is 0 Å². The zero-order valence-corrected chi connectivity index (χ0v) is 12.6. The van der Waals surface area contributed by atoms with Gasteiger partial charge in [0.05, 0.1) is 5.69 Å². The molecule has 1 amide bonds. The minimum atomic E-state index is -0.817. The Morgan fingerprint density at radius 3 is 2.48 bits per heavy atom. The number of amides is 1. The monoisotopic (exact) mass is 354 g/mol. The van der Waals surface area contributed by atoms with Crippen LogP contribution in [-0.2, 0) is 11.2 Å². The number of benzene rings is 2. The lowest BCUT2D eigenvalue weighted by molar-refractivity contribution is -0.116. The fraction of sp³-hybridized carbons (Fsp3) is 0.133. The molecule has 21 heavy (non-hydrogen) atoms. The number of carbonyl (C=O) groups is 1. The van der Waals surface area contributed by atoms with Gasteiger partial charge in [-0.1, -0.05) is 12.1 Å². The van der Waals surface area contributed by atoms with Crippen LogP contribution in [0.3, 0.4) is 0 Å². The van der Waals surface area contributed by atoms with Crippen molar-refractivity contribution in [3.8, 4) is 0 Å². The molecule has 0 aliphatic rings. The van der Waals surface area contributed by atoms with Crippen molar-refractivity contribution in [3.05, 3.63) is 58.1 Å². The molecule has 6 heteroatoms. The van der Waals surface area contributed by atoms with Gasteiger partial charge < -0.3 is 11.1 Å². The van der Waals surface area contributed by atoms with Gasteiger partial charge in [-0.25, -0.2) is 8.78 Å². The topological polar surface area (TPSA) is 55.1 Å². The van der Waals surface area contributed by atoms with Gasteiger partial charge in [0.2, 0.25) is 5.91 Å². The highest BCUT2D eigenvalue weighted by molar-refractivity contribution is 9.10. The summed E-state index contributed by atoms with van der Waals surface area (Å²) < 4.78 is 26.7. The quantitative estimate of drug-likeness (QED) is 0.818. The highest BCUT2D eigenvalue weighted by atomic mass is 79.9. The number of nitrogens with two attached hydrogens (primary N) is 1. The van der Waals surface area contributed by atoms with Crippen molar-refractivity contribution in [2.75, 3.05) is 11.1 Å². The van der Waals surface area contributed by atoms with E-state index in [4.69, 9.17) is 5.73 Å². The van der Waals surface area contributed by atoms with Gasteiger partial charge in [-0.15, -0.1) is 0 Å². The van der Waals surface area contributed by atoms with Gasteiger partial charge in [0.25, 0.3) is 0 Å². The molecule has 2 rings (SSSR count). The van der Waals surface area contributed by atoms with E-state index < -0.39 is 11.6 Å². The second-order valence-electron chi connectivity index (χ2n) is 4.53. The maximum absolute atomic E-state index is 13.6.